The average molecular weight is 290 g/mol. The molecule has 0 bridgehead atoms. The number of carbonyl (C=O) groups is 1. The monoisotopic (exact) mass is 289 g/mol. The Morgan fingerprint density at radius 1 is 1.50 bits per heavy atom. The molecule has 0 spiro atoms. The van der Waals surface area contributed by atoms with Crippen molar-refractivity contribution in [2.45, 2.75) is 33.2 Å². The summed E-state index contributed by atoms with van der Waals surface area (Å²) >= 11 is 3.30. The molecule has 1 aromatic heterocycles. The molecule has 0 saturated carbocycles. The van der Waals surface area contributed by atoms with Crippen molar-refractivity contribution in [1.29, 1.82) is 0 Å². The van der Waals surface area contributed by atoms with Gasteiger partial charge in [-0.3, -0.25) is 4.79 Å². The standard InChI is InChI=1S/C10H16BrN3O2/c1-6(15)12-7-8(11)13-14(9(7)16-5)10(2,3)4/h1-5H3,(H,12,15). The van der Waals surface area contributed by atoms with E-state index in [9.17, 15) is 4.79 Å². The van der Waals surface area contributed by atoms with Gasteiger partial charge in [-0.05, 0) is 36.7 Å². The lowest BCUT2D eigenvalue weighted by molar-refractivity contribution is -0.114. The van der Waals surface area contributed by atoms with Crippen LogP contribution in [0.25, 0.3) is 0 Å². The molecule has 0 radical (unpaired) electrons. The molecule has 0 aliphatic carbocycles. The molecule has 0 saturated heterocycles. The number of hydrogen-bond donors (Lipinski definition) is 1. The highest BCUT2D eigenvalue weighted by Gasteiger charge is 2.25. The van der Waals surface area contributed by atoms with E-state index in [2.05, 4.69) is 26.3 Å². The van der Waals surface area contributed by atoms with Crippen LogP contribution in [0.5, 0.6) is 5.88 Å². The van der Waals surface area contributed by atoms with Crippen LogP contribution in [0.1, 0.15) is 27.7 Å². The minimum Gasteiger partial charge on any atom is -0.480 e. The average Bonchev–Trinajstić information content (AvgIpc) is 2.42. The molecule has 5 nitrogen and oxygen atoms in total. The Hall–Kier alpha value is -1.04. The van der Waals surface area contributed by atoms with Gasteiger partial charge in [0.25, 0.3) is 0 Å². The van der Waals surface area contributed by atoms with Gasteiger partial charge < -0.3 is 10.1 Å². The molecule has 0 aliphatic rings. The van der Waals surface area contributed by atoms with Crippen LogP contribution in [-0.2, 0) is 10.3 Å². The molecule has 0 unspecified atom stereocenters. The number of methoxy groups -OCH3 is 1. The van der Waals surface area contributed by atoms with Crippen LogP contribution in [0.15, 0.2) is 4.60 Å². The molecule has 16 heavy (non-hydrogen) atoms. The smallest absolute Gasteiger partial charge is 0.237 e. The predicted molar refractivity (Wildman–Crippen MR) is 65.8 cm³/mol. The van der Waals surface area contributed by atoms with E-state index >= 15 is 0 Å². The highest BCUT2D eigenvalue weighted by molar-refractivity contribution is 9.10. The van der Waals surface area contributed by atoms with Gasteiger partial charge in [0.05, 0.1) is 12.6 Å². The fourth-order valence-electron chi connectivity index (χ4n) is 1.30. The second-order valence-electron chi connectivity index (χ2n) is 4.44. The highest BCUT2D eigenvalue weighted by Crippen LogP contribution is 2.35. The number of rotatable bonds is 2. The van der Waals surface area contributed by atoms with Crippen LogP contribution in [-0.4, -0.2) is 22.8 Å². The molecule has 90 valence electrons. The van der Waals surface area contributed by atoms with Gasteiger partial charge in [-0.2, -0.15) is 5.10 Å². The number of amides is 1. The van der Waals surface area contributed by atoms with E-state index in [1.807, 2.05) is 20.8 Å². The summed E-state index contributed by atoms with van der Waals surface area (Å²) in [6.07, 6.45) is 0. The van der Waals surface area contributed by atoms with Crippen LogP contribution in [0, 0.1) is 0 Å². The van der Waals surface area contributed by atoms with Crippen molar-refractivity contribution in [3.8, 4) is 5.88 Å². The first-order valence-corrected chi connectivity index (χ1v) is 5.67. The van der Waals surface area contributed by atoms with Crippen molar-refractivity contribution in [3.63, 3.8) is 0 Å². The predicted octanol–water partition coefficient (Wildman–Crippen LogP) is 2.37. The molecule has 6 heteroatoms. The number of carbonyl (C=O) groups excluding carboxylic acids is 1. The molecule has 1 aromatic rings. The second-order valence-corrected chi connectivity index (χ2v) is 5.19. The summed E-state index contributed by atoms with van der Waals surface area (Å²) in [6.45, 7) is 7.46. The molecule has 0 fully saturated rings. The van der Waals surface area contributed by atoms with E-state index in [0.29, 0.717) is 16.2 Å². The molecule has 1 heterocycles. The maximum atomic E-state index is 11.1. The summed E-state index contributed by atoms with van der Waals surface area (Å²) in [5.41, 5.74) is 0.342. The van der Waals surface area contributed by atoms with Gasteiger partial charge in [0, 0.05) is 6.92 Å². The fraction of sp³-hybridized carbons (Fsp3) is 0.600. The minimum absolute atomic E-state index is 0.160. The van der Waals surface area contributed by atoms with E-state index in [-0.39, 0.29) is 11.4 Å². The zero-order valence-corrected chi connectivity index (χ0v) is 11.7. The van der Waals surface area contributed by atoms with Gasteiger partial charge in [0.15, 0.2) is 4.60 Å². The summed E-state index contributed by atoms with van der Waals surface area (Å²) in [5, 5.41) is 6.99. The Kier molecular flexibility index (Phi) is 3.62. The Labute approximate surface area is 103 Å². The van der Waals surface area contributed by atoms with Crippen LogP contribution < -0.4 is 10.1 Å². The summed E-state index contributed by atoms with van der Waals surface area (Å²) in [6, 6.07) is 0. The van der Waals surface area contributed by atoms with Crippen LogP contribution >= 0.6 is 15.9 Å². The number of aromatic nitrogens is 2. The lowest BCUT2D eigenvalue weighted by Crippen LogP contribution is -2.24. The third-order valence-electron chi connectivity index (χ3n) is 1.93. The molecule has 0 aliphatic heterocycles. The van der Waals surface area contributed by atoms with Crippen molar-refractivity contribution in [2.24, 2.45) is 0 Å². The van der Waals surface area contributed by atoms with Crippen molar-refractivity contribution in [1.82, 2.24) is 9.78 Å². The van der Waals surface area contributed by atoms with Crippen molar-refractivity contribution in [3.05, 3.63) is 4.60 Å². The third-order valence-corrected chi connectivity index (χ3v) is 2.49. The Morgan fingerprint density at radius 3 is 2.44 bits per heavy atom. The number of anilines is 1. The lowest BCUT2D eigenvalue weighted by atomic mass is 10.1. The maximum absolute atomic E-state index is 11.1. The van der Waals surface area contributed by atoms with Crippen molar-refractivity contribution < 1.29 is 9.53 Å². The first kappa shape index (κ1) is 13.0. The fourth-order valence-corrected chi connectivity index (χ4v) is 1.73. The highest BCUT2D eigenvalue weighted by atomic mass is 79.9. The second kappa shape index (κ2) is 4.45. The van der Waals surface area contributed by atoms with Crippen LogP contribution in [0.3, 0.4) is 0 Å². The molecule has 1 amide bonds. The van der Waals surface area contributed by atoms with Crippen LogP contribution in [0.2, 0.25) is 0 Å². The molecule has 1 rings (SSSR count). The molecular weight excluding hydrogens is 274 g/mol. The van der Waals surface area contributed by atoms with Crippen LogP contribution in [0.4, 0.5) is 5.69 Å². The van der Waals surface area contributed by atoms with E-state index in [0.717, 1.165) is 0 Å². The zero-order chi connectivity index (χ0) is 12.5. The van der Waals surface area contributed by atoms with Gasteiger partial charge in [0.1, 0.15) is 5.69 Å². The van der Waals surface area contributed by atoms with E-state index < -0.39 is 0 Å². The van der Waals surface area contributed by atoms with E-state index in [4.69, 9.17) is 4.74 Å². The first-order chi connectivity index (χ1) is 7.27. The molecular formula is C10H16BrN3O2. The van der Waals surface area contributed by atoms with E-state index in [1.165, 1.54) is 6.92 Å². The summed E-state index contributed by atoms with van der Waals surface area (Å²) < 4.78 is 7.57. The Bertz CT molecular complexity index is 407. The normalized spacial score (nSPS) is 11.4. The third kappa shape index (κ3) is 2.55. The molecule has 1 N–H and O–H groups in total. The van der Waals surface area contributed by atoms with Crippen molar-refractivity contribution in [2.75, 3.05) is 12.4 Å². The molecule has 0 aromatic carbocycles. The van der Waals surface area contributed by atoms with Gasteiger partial charge in [-0.15, -0.1) is 0 Å². The topological polar surface area (TPSA) is 56.1 Å². The number of halogens is 1. The quantitative estimate of drug-likeness (QED) is 0.909. The van der Waals surface area contributed by atoms with Gasteiger partial charge in [-0.25, -0.2) is 4.68 Å². The summed E-state index contributed by atoms with van der Waals surface area (Å²) in [5.74, 6) is 0.377. The number of nitrogens with zero attached hydrogens (tertiary/aromatic N) is 2. The summed E-state index contributed by atoms with van der Waals surface area (Å²) in [4.78, 5) is 11.1. The maximum Gasteiger partial charge on any atom is 0.237 e. The lowest BCUT2D eigenvalue weighted by Gasteiger charge is -2.21. The first-order valence-electron chi connectivity index (χ1n) is 4.88. The minimum atomic E-state index is -0.218. The largest absolute Gasteiger partial charge is 0.480 e. The van der Waals surface area contributed by atoms with Crippen molar-refractivity contribution >= 4 is 27.5 Å². The number of ether oxygens (including phenoxy) is 1. The Morgan fingerprint density at radius 2 is 2.06 bits per heavy atom. The Balaban J connectivity index is 3.29. The number of nitrogens with one attached hydrogen (secondary N) is 1. The van der Waals surface area contributed by atoms with E-state index in [1.54, 1.807) is 11.8 Å². The van der Waals surface area contributed by atoms with Gasteiger partial charge in [-0.1, -0.05) is 0 Å². The molecule has 0 atom stereocenters. The summed E-state index contributed by atoms with van der Waals surface area (Å²) in [7, 11) is 1.55. The number of hydrogen-bond acceptors (Lipinski definition) is 3. The van der Waals surface area contributed by atoms with Gasteiger partial charge in [0.2, 0.25) is 11.8 Å². The van der Waals surface area contributed by atoms with Gasteiger partial charge >= 0.3 is 0 Å². The zero-order valence-electron chi connectivity index (χ0n) is 10.1. The SMILES string of the molecule is COc1c(NC(C)=O)c(Br)nn1C(C)(C)C.